The van der Waals surface area contributed by atoms with Crippen LogP contribution in [0.3, 0.4) is 0 Å². The molecule has 1 fully saturated rings. The van der Waals surface area contributed by atoms with Gasteiger partial charge in [-0.3, -0.25) is 4.99 Å². The molecule has 1 heterocycles. The summed E-state index contributed by atoms with van der Waals surface area (Å²) in [5, 5.41) is 4.81. The van der Waals surface area contributed by atoms with Crippen molar-refractivity contribution in [1.29, 1.82) is 0 Å². The van der Waals surface area contributed by atoms with Gasteiger partial charge in [0.1, 0.15) is 0 Å². The molecular weight excluding hydrogens is 371 g/mol. The normalized spacial score (nSPS) is 18.9. The first-order valence-electron chi connectivity index (χ1n) is 5.52. The van der Waals surface area contributed by atoms with E-state index < -0.39 is 5.92 Å². The van der Waals surface area contributed by atoms with Gasteiger partial charge in [-0.15, -0.1) is 35.3 Å². The smallest absolute Gasteiger partial charge is 0.252 e. The van der Waals surface area contributed by atoms with Crippen molar-refractivity contribution in [3.63, 3.8) is 0 Å². The SMILES string of the molecule is I.NC(=NCCc1cccs1)NC1CC(F)(F)C1. The van der Waals surface area contributed by atoms with Gasteiger partial charge in [0, 0.05) is 36.7 Å². The predicted octanol–water partition coefficient (Wildman–Crippen LogP) is 2.61. The van der Waals surface area contributed by atoms with E-state index in [4.69, 9.17) is 5.73 Å². The van der Waals surface area contributed by atoms with Crippen LogP contribution < -0.4 is 11.1 Å². The quantitative estimate of drug-likeness (QED) is 0.474. The predicted molar refractivity (Wildman–Crippen MR) is 81.0 cm³/mol. The fourth-order valence-electron chi connectivity index (χ4n) is 1.76. The summed E-state index contributed by atoms with van der Waals surface area (Å²) in [5.74, 6) is -2.25. The van der Waals surface area contributed by atoms with Gasteiger partial charge >= 0.3 is 0 Å². The Balaban J connectivity index is 0.00000162. The molecular formula is C11H16F2IN3S. The zero-order valence-corrected chi connectivity index (χ0v) is 12.9. The van der Waals surface area contributed by atoms with Crippen molar-refractivity contribution in [2.45, 2.75) is 31.2 Å². The minimum absolute atomic E-state index is 0. The summed E-state index contributed by atoms with van der Waals surface area (Å²) in [5.41, 5.74) is 5.61. The summed E-state index contributed by atoms with van der Waals surface area (Å²) in [4.78, 5) is 5.36. The molecule has 102 valence electrons. The van der Waals surface area contributed by atoms with E-state index in [0.29, 0.717) is 6.54 Å². The number of hydrogen-bond donors (Lipinski definition) is 2. The molecule has 7 heteroatoms. The zero-order chi connectivity index (χ0) is 12.3. The second-order valence-electron chi connectivity index (χ2n) is 4.20. The molecule has 1 aromatic rings. The highest BCUT2D eigenvalue weighted by Gasteiger charge is 2.45. The minimum Gasteiger partial charge on any atom is -0.370 e. The van der Waals surface area contributed by atoms with Crippen LogP contribution in [-0.4, -0.2) is 24.5 Å². The van der Waals surface area contributed by atoms with Crippen LogP contribution in [-0.2, 0) is 6.42 Å². The topological polar surface area (TPSA) is 50.4 Å². The molecule has 1 saturated carbocycles. The van der Waals surface area contributed by atoms with Crippen LogP contribution >= 0.6 is 35.3 Å². The zero-order valence-electron chi connectivity index (χ0n) is 9.73. The summed E-state index contributed by atoms with van der Waals surface area (Å²) >= 11 is 1.67. The lowest BCUT2D eigenvalue weighted by Crippen LogP contribution is -2.52. The standard InChI is InChI=1S/C11H15F2N3S.HI/c12-11(13)6-8(7-11)16-10(14)15-4-3-9-2-1-5-17-9;/h1-2,5,8H,3-4,6-7H2,(H3,14,15,16);1H. The molecule has 1 aliphatic rings. The molecule has 0 aliphatic heterocycles. The highest BCUT2D eigenvalue weighted by Crippen LogP contribution is 2.37. The monoisotopic (exact) mass is 387 g/mol. The van der Waals surface area contributed by atoms with E-state index in [1.165, 1.54) is 4.88 Å². The van der Waals surface area contributed by atoms with Crippen molar-refractivity contribution >= 4 is 41.3 Å². The van der Waals surface area contributed by atoms with Crippen molar-refractivity contribution in [3.8, 4) is 0 Å². The van der Waals surface area contributed by atoms with Gasteiger partial charge in [0.2, 0.25) is 0 Å². The molecule has 0 aromatic carbocycles. The van der Waals surface area contributed by atoms with Gasteiger partial charge in [0.05, 0.1) is 0 Å². The molecule has 0 radical (unpaired) electrons. The van der Waals surface area contributed by atoms with Gasteiger partial charge in [-0.05, 0) is 11.4 Å². The number of nitrogens with two attached hydrogens (primary N) is 1. The first-order chi connectivity index (χ1) is 8.05. The lowest BCUT2D eigenvalue weighted by molar-refractivity contribution is -0.0886. The highest BCUT2D eigenvalue weighted by molar-refractivity contribution is 14.0. The number of rotatable bonds is 4. The highest BCUT2D eigenvalue weighted by atomic mass is 127. The van der Waals surface area contributed by atoms with Crippen molar-refractivity contribution in [2.75, 3.05) is 6.54 Å². The summed E-state index contributed by atoms with van der Waals surface area (Å²) < 4.78 is 25.1. The maximum atomic E-state index is 12.6. The van der Waals surface area contributed by atoms with Gasteiger partial charge in [0.15, 0.2) is 5.96 Å². The molecule has 0 spiro atoms. The van der Waals surface area contributed by atoms with E-state index in [2.05, 4.69) is 10.3 Å². The fourth-order valence-corrected chi connectivity index (χ4v) is 2.46. The molecule has 2 rings (SSSR count). The van der Waals surface area contributed by atoms with Crippen LogP contribution in [0, 0.1) is 0 Å². The minimum atomic E-state index is -2.52. The Bertz CT molecular complexity index is 387. The van der Waals surface area contributed by atoms with E-state index in [1.807, 2.05) is 17.5 Å². The van der Waals surface area contributed by atoms with E-state index in [1.54, 1.807) is 11.3 Å². The molecule has 1 aliphatic carbocycles. The molecule has 0 bridgehead atoms. The molecule has 0 unspecified atom stereocenters. The number of halogens is 3. The molecule has 0 saturated heterocycles. The Morgan fingerprint density at radius 1 is 1.56 bits per heavy atom. The molecule has 3 nitrogen and oxygen atoms in total. The number of alkyl halides is 2. The summed E-state index contributed by atoms with van der Waals surface area (Å²) in [6.07, 6.45) is 0.545. The Labute approximate surface area is 126 Å². The van der Waals surface area contributed by atoms with Crippen molar-refractivity contribution in [1.82, 2.24) is 5.32 Å². The van der Waals surface area contributed by atoms with E-state index in [-0.39, 0.29) is 48.8 Å². The van der Waals surface area contributed by atoms with Crippen LogP contribution in [0.2, 0.25) is 0 Å². The summed E-state index contributed by atoms with van der Waals surface area (Å²) in [6.45, 7) is 0.586. The van der Waals surface area contributed by atoms with E-state index in [9.17, 15) is 8.78 Å². The number of nitrogens with zero attached hydrogens (tertiary/aromatic N) is 1. The number of hydrogen-bond acceptors (Lipinski definition) is 2. The Kier molecular flexibility index (Phi) is 5.77. The van der Waals surface area contributed by atoms with E-state index in [0.717, 1.165) is 6.42 Å². The fraction of sp³-hybridized carbons (Fsp3) is 0.545. The molecule has 0 amide bonds. The lowest BCUT2D eigenvalue weighted by atomic mass is 9.88. The van der Waals surface area contributed by atoms with Crippen LogP contribution in [0.4, 0.5) is 8.78 Å². The number of thiophene rings is 1. The Hall–Kier alpha value is -0.440. The number of guanidine groups is 1. The van der Waals surface area contributed by atoms with Gasteiger partial charge in [-0.1, -0.05) is 6.07 Å². The van der Waals surface area contributed by atoms with Crippen LogP contribution in [0.1, 0.15) is 17.7 Å². The van der Waals surface area contributed by atoms with Crippen molar-refractivity contribution in [2.24, 2.45) is 10.7 Å². The van der Waals surface area contributed by atoms with Crippen LogP contribution in [0.5, 0.6) is 0 Å². The van der Waals surface area contributed by atoms with Gasteiger partial charge < -0.3 is 11.1 Å². The Morgan fingerprint density at radius 3 is 2.83 bits per heavy atom. The second kappa shape index (κ2) is 6.65. The second-order valence-corrected chi connectivity index (χ2v) is 5.23. The molecule has 18 heavy (non-hydrogen) atoms. The third-order valence-electron chi connectivity index (χ3n) is 2.66. The summed E-state index contributed by atoms with van der Waals surface area (Å²) in [7, 11) is 0. The number of nitrogens with one attached hydrogen (secondary N) is 1. The van der Waals surface area contributed by atoms with Crippen LogP contribution in [0.25, 0.3) is 0 Å². The summed E-state index contributed by atoms with van der Waals surface area (Å²) in [6, 6.07) is 3.80. The molecule has 1 aromatic heterocycles. The first-order valence-corrected chi connectivity index (χ1v) is 6.40. The molecule has 3 N–H and O–H groups in total. The van der Waals surface area contributed by atoms with Gasteiger partial charge in [0.25, 0.3) is 5.92 Å². The average molecular weight is 387 g/mol. The largest absolute Gasteiger partial charge is 0.370 e. The Morgan fingerprint density at radius 2 is 2.28 bits per heavy atom. The first kappa shape index (κ1) is 15.6. The average Bonchev–Trinajstić information content (AvgIpc) is 2.67. The third kappa shape index (κ3) is 4.68. The van der Waals surface area contributed by atoms with Crippen molar-refractivity contribution < 1.29 is 8.78 Å². The number of aliphatic imine (C=N–C) groups is 1. The van der Waals surface area contributed by atoms with E-state index >= 15 is 0 Å². The van der Waals surface area contributed by atoms with Crippen LogP contribution in [0.15, 0.2) is 22.5 Å². The maximum absolute atomic E-state index is 12.6. The van der Waals surface area contributed by atoms with Gasteiger partial charge in [-0.25, -0.2) is 8.78 Å². The lowest BCUT2D eigenvalue weighted by Gasteiger charge is -2.35. The van der Waals surface area contributed by atoms with Gasteiger partial charge in [-0.2, -0.15) is 0 Å². The maximum Gasteiger partial charge on any atom is 0.252 e. The molecule has 0 atom stereocenters. The third-order valence-corrected chi connectivity index (χ3v) is 3.60. The van der Waals surface area contributed by atoms with Crippen molar-refractivity contribution in [3.05, 3.63) is 22.4 Å².